The molecule has 0 heterocycles. The van der Waals surface area contributed by atoms with Gasteiger partial charge in [0, 0.05) is 12.3 Å². The van der Waals surface area contributed by atoms with Gasteiger partial charge in [0.15, 0.2) is 0 Å². The van der Waals surface area contributed by atoms with E-state index in [1.165, 1.54) is 11.4 Å². The molecule has 10 heavy (non-hydrogen) atoms. The minimum atomic E-state index is -2.69. The topological polar surface area (TPSA) is 32.3 Å². The molecule has 0 aliphatic rings. The smallest absolute Gasteiger partial charge is 0.793 e. The van der Waals surface area contributed by atoms with Crippen molar-refractivity contribution in [2.24, 2.45) is 0 Å². The molecule has 1 atom stereocenters. The van der Waals surface area contributed by atoms with Gasteiger partial charge in [-0.1, -0.05) is 18.7 Å². The standard InChI is InChI=1S/C4H11O2PS2.Ni/c1-3-6-7(5,8)9-4-2;/h3-4H2,1-2H3,(H,5,8);/q;+1/p-1. The monoisotopic (exact) mass is 243 g/mol. The summed E-state index contributed by atoms with van der Waals surface area (Å²) in [5, 5.41) is 0. The summed E-state index contributed by atoms with van der Waals surface area (Å²) >= 11 is 5.84. The van der Waals surface area contributed by atoms with E-state index in [1.54, 1.807) is 6.92 Å². The Morgan fingerprint density at radius 2 is 2.10 bits per heavy atom. The quantitative estimate of drug-likeness (QED) is 0.552. The van der Waals surface area contributed by atoms with Crippen molar-refractivity contribution < 1.29 is 25.9 Å². The summed E-state index contributed by atoms with van der Waals surface area (Å²) in [7, 11) is 0. The average molecular weight is 244 g/mol. The Hall–Kier alpha value is 1.41. The first-order chi connectivity index (χ1) is 4.12. The van der Waals surface area contributed by atoms with Crippen LogP contribution in [0.5, 0.6) is 0 Å². The van der Waals surface area contributed by atoms with Crippen molar-refractivity contribution in [3.05, 3.63) is 0 Å². The first-order valence-corrected chi connectivity index (χ1v) is 6.95. The zero-order valence-electron chi connectivity index (χ0n) is 5.81. The molecule has 0 bridgehead atoms. The molecule has 0 fully saturated rings. The van der Waals surface area contributed by atoms with E-state index in [1.807, 2.05) is 6.92 Å². The minimum absolute atomic E-state index is 0. The number of hydrogen-bond donors (Lipinski definition) is 0. The van der Waals surface area contributed by atoms with Crippen LogP contribution in [0.25, 0.3) is 0 Å². The van der Waals surface area contributed by atoms with Crippen LogP contribution in [0.2, 0.25) is 0 Å². The van der Waals surface area contributed by atoms with Crippen LogP contribution in [0.1, 0.15) is 13.8 Å². The molecule has 2 nitrogen and oxygen atoms in total. The first-order valence-electron chi connectivity index (χ1n) is 2.72. The van der Waals surface area contributed by atoms with Crippen molar-refractivity contribution in [3.8, 4) is 0 Å². The molecule has 65 valence electrons. The van der Waals surface area contributed by atoms with Crippen LogP contribution in [0.4, 0.5) is 0 Å². The fraction of sp³-hybridized carbons (Fsp3) is 1.00. The summed E-state index contributed by atoms with van der Waals surface area (Å²) in [5.74, 6) is 0.751. The molecule has 0 aromatic carbocycles. The zero-order valence-corrected chi connectivity index (χ0v) is 9.33. The van der Waals surface area contributed by atoms with Gasteiger partial charge in [0.1, 0.15) is 0 Å². The molecule has 1 unspecified atom stereocenters. The van der Waals surface area contributed by atoms with Gasteiger partial charge in [-0.2, -0.15) is 0 Å². The summed E-state index contributed by atoms with van der Waals surface area (Å²) in [5.41, 5.74) is -2.69. The van der Waals surface area contributed by atoms with Crippen LogP contribution in [-0.2, 0) is 32.8 Å². The molecule has 0 saturated carbocycles. The molecule has 0 aliphatic heterocycles. The molecule has 0 aromatic heterocycles. The molecule has 1 radical (unpaired) electrons. The summed E-state index contributed by atoms with van der Waals surface area (Å²) in [6.07, 6.45) is 0. The Bertz CT molecular complexity index is 112. The van der Waals surface area contributed by atoms with Crippen molar-refractivity contribution in [2.45, 2.75) is 13.8 Å². The van der Waals surface area contributed by atoms with Crippen molar-refractivity contribution in [2.75, 3.05) is 12.4 Å². The maximum atomic E-state index is 11.0. The van der Waals surface area contributed by atoms with Crippen LogP contribution < -0.4 is 4.89 Å². The molecular formula is C4H10NiO2PS2. The van der Waals surface area contributed by atoms with Gasteiger partial charge in [0.2, 0.25) is 0 Å². The van der Waals surface area contributed by atoms with Gasteiger partial charge < -0.3 is 9.42 Å². The summed E-state index contributed by atoms with van der Waals surface area (Å²) in [4.78, 5) is 11.0. The second-order valence-electron chi connectivity index (χ2n) is 1.28. The molecule has 0 aliphatic carbocycles. The fourth-order valence-electron chi connectivity index (χ4n) is 0.353. The second kappa shape index (κ2) is 7.08. The zero-order chi connectivity index (χ0) is 7.33. The summed E-state index contributed by atoms with van der Waals surface area (Å²) in [6.45, 7) is 4.13. The van der Waals surface area contributed by atoms with Gasteiger partial charge in [-0.15, -0.1) is 11.4 Å². The van der Waals surface area contributed by atoms with Crippen molar-refractivity contribution in [1.82, 2.24) is 0 Å². The third kappa shape index (κ3) is 7.52. The van der Waals surface area contributed by atoms with Crippen LogP contribution in [-0.4, -0.2) is 12.4 Å². The van der Waals surface area contributed by atoms with E-state index in [4.69, 9.17) is 4.52 Å². The maximum absolute atomic E-state index is 11.0. The Labute approximate surface area is 81.0 Å². The molecular weight excluding hydrogens is 234 g/mol. The average Bonchev–Trinajstić information content (AvgIpc) is 1.64. The van der Waals surface area contributed by atoms with Gasteiger partial charge in [0.05, 0.1) is 0 Å². The van der Waals surface area contributed by atoms with Crippen LogP contribution in [0.15, 0.2) is 0 Å². The Balaban J connectivity index is 0. The minimum Gasteiger partial charge on any atom is -0.793 e. The van der Waals surface area contributed by atoms with Crippen molar-refractivity contribution >= 4 is 28.9 Å². The van der Waals surface area contributed by atoms with Crippen LogP contribution in [0, 0.1) is 0 Å². The van der Waals surface area contributed by atoms with Crippen molar-refractivity contribution in [1.29, 1.82) is 0 Å². The van der Waals surface area contributed by atoms with E-state index >= 15 is 0 Å². The van der Waals surface area contributed by atoms with E-state index in [9.17, 15) is 4.89 Å². The molecule has 0 N–H and O–H groups in total. The first kappa shape index (κ1) is 14.0. The predicted molar refractivity (Wildman–Crippen MR) is 44.0 cm³/mol. The molecule has 0 aromatic rings. The number of rotatable bonds is 4. The molecule has 6 heteroatoms. The van der Waals surface area contributed by atoms with E-state index < -0.39 is 5.69 Å². The predicted octanol–water partition coefficient (Wildman–Crippen LogP) is 1.36. The van der Waals surface area contributed by atoms with Gasteiger partial charge in [-0.05, 0) is 12.7 Å². The molecule has 0 saturated heterocycles. The van der Waals surface area contributed by atoms with Crippen LogP contribution in [0.3, 0.4) is 0 Å². The van der Waals surface area contributed by atoms with Gasteiger partial charge >= 0.3 is 16.5 Å². The van der Waals surface area contributed by atoms with E-state index in [0.29, 0.717) is 6.61 Å². The van der Waals surface area contributed by atoms with E-state index in [-0.39, 0.29) is 16.5 Å². The molecule has 0 amide bonds. The van der Waals surface area contributed by atoms with Crippen LogP contribution >= 0.6 is 17.1 Å². The fourth-order valence-corrected chi connectivity index (χ4v) is 3.81. The van der Waals surface area contributed by atoms with Gasteiger partial charge in [-0.25, -0.2) is 0 Å². The normalized spacial score (nSPS) is 15.5. The van der Waals surface area contributed by atoms with E-state index in [2.05, 4.69) is 11.8 Å². The summed E-state index contributed by atoms with van der Waals surface area (Å²) < 4.78 is 4.80. The third-order valence-corrected chi connectivity index (χ3v) is 5.03. The SMILES string of the molecule is CCOP([O-])(=S)SCC.[Ni+]. The molecule has 0 rings (SSSR count). The van der Waals surface area contributed by atoms with Crippen molar-refractivity contribution in [3.63, 3.8) is 0 Å². The van der Waals surface area contributed by atoms with Gasteiger partial charge in [0.25, 0.3) is 0 Å². The Morgan fingerprint density at radius 1 is 1.60 bits per heavy atom. The Morgan fingerprint density at radius 3 is 2.40 bits per heavy atom. The Kier molecular flexibility index (Phi) is 9.89. The number of hydrogen-bond acceptors (Lipinski definition) is 4. The third-order valence-electron chi connectivity index (χ3n) is 0.574. The molecule has 0 spiro atoms. The second-order valence-corrected chi connectivity index (χ2v) is 7.62. The van der Waals surface area contributed by atoms with E-state index in [0.717, 1.165) is 5.75 Å². The maximum Gasteiger partial charge on any atom is 1.00 e. The van der Waals surface area contributed by atoms with Gasteiger partial charge in [-0.3, -0.25) is 0 Å². The largest absolute Gasteiger partial charge is 1.00 e. The summed E-state index contributed by atoms with van der Waals surface area (Å²) in [6, 6.07) is 0.